The van der Waals surface area contributed by atoms with Crippen molar-refractivity contribution in [2.45, 2.75) is 32.2 Å². The average Bonchev–Trinajstić information content (AvgIpc) is 3.12. The van der Waals surface area contributed by atoms with E-state index in [1.165, 1.54) is 31.4 Å². The molecule has 0 saturated heterocycles. The molecule has 0 radical (unpaired) electrons. The lowest BCUT2D eigenvalue weighted by Gasteiger charge is -2.32. The van der Waals surface area contributed by atoms with Crippen molar-refractivity contribution in [3.63, 3.8) is 0 Å². The predicted octanol–water partition coefficient (Wildman–Crippen LogP) is 4.20. The van der Waals surface area contributed by atoms with E-state index in [1.54, 1.807) is 24.5 Å². The molecule has 3 nitrogen and oxygen atoms in total. The maximum atomic E-state index is 13.4. The summed E-state index contributed by atoms with van der Waals surface area (Å²) in [7, 11) is 0. The highest BCUT2D eigenvalue weighted by Gasteiger charge is 2.57. The Morgan fingerprint density at radius 2 is 1.92 bits per heavy atom. The number of fused-ring (bicyclic) bond motifs is 1. The lowest BCUT2D eigenvalue weighted by atomic mass is 9.97. The van der Waals surface area contributed by atoms with E-state index in [-0.39, 0.29) is 23.7 Å². The first kappa shape index (κ1) is 16.2. The molecule has 2 aliphatic rings. The van der Waals surface area contributed by atoms with Gasteiger partial charge in [-0.1, -0.05) is 24.6 Å². The van der Waals surface area contributed by atoms with Gasteiger partial charge < -0.3 is 4.90 Å². The van der Waals surface area contributed by atoms with Gasteiger partial charge in [0.05, 0.1) is 6.04 Å². The van der Waals surface area contributed by atoms with Crippen LogP contribution in [0.25, 0.3) is 0 Å². The Bertz CT molecular complexity index is 736. The van der Waals surface area contributed by atoms with Gasteiger partial charge in [-0.2, -0.15) is 0 Å². The number of benzene rings is 1. The summed E-state index contributed by atoms with van der Waals surface area (Å²) in [5.41, 5.74) is 1.89. The maximum absolute atomic E-state index is 13.4. The van der Waals surface area contributed by atoms with Gasteiger partial charge in [0.25, 0.3) is 0 Å². The fourth-order valence-electron chi connectivity index (χ4n) is 4.58. The van der Waals surface area contributed by atoms with Crippen LogP contribution in [0.2, 0.25) is 0 Å². The smallest absolute Gasteiger partial charge is 0.227 e. The number of aromatic nitrogens is 1. The summed E-state index contributed by atoms with van der Waals surface area (Å²) in [5, 5.41) is 0. The van der Waals surface area contributed by atoms with E-state index in [0.29, 0.717) is 18.4 Å². The van der Waals surface area contributed by atoms with Crippen LogP contribution in [-0.2, 0) is 4.79 Å². The molecule has 1 amide bonds. The van der Waals surface area contributed by atoms with Crippen molar-refractivity contribution < 1.29 is 9.18 Å². The first-order valence-corrected chi connectivity index (χ1v) is 9.16. The van der Waals surface area contributed by atoms with Crippen LogP contribution >= 0.6 is 0 Å². The van der Waals surface area contributed by atoms with Gasteiger partial charge in [-0.15, -0.1) is 0 Å². The van der Waals surface area contributed by atoms with E-state index in [0.717, 1.165) is 11.1 Å². The van der Waals surface area contributed by atoms with Gasteiger partial charge in [-0.3, -0.25) is 9.78 Å². The van der Waals surface area contributed by atoms with Crippen LogP contribution in [0.5, 0.6) is 0 Å². The summed E-state index contributed by atoms with van der Waals surface area (Å²) < 4.78 is 13.4. The Morgan fingerprint density at radius 1 is 1.20 bits per heavy atom. The number of nitrogens with zero attached hydrogens (tertiary/aromatic N) is 2. The molecule has 2 saturated carbocycles. The molecule has 2 aliphatic carbocycles. The van der Waals surface area contributed by atoms with Crippen LogP contribution in [0.4, 0.5) is 4.39 Å². The molecule has 2 aromatic rings. The number of hydrogen-bond acceptors (Lipinski definition) is 2. The number of carbonyl (C=O) groups is 1. The van der Waals surface area contributed by atoms with Crippen molar-refractivity contribution in [2.75, 3.05) is 6.54 Å². The second-order valence-electron chi connectivity index (χ2n) is 7.15. The largest absolute Gasteiger partial charge is 0.332 e. The molecular formula is C21H23FN2O. The molecule has 2 fully saturated rings. The van der Waals surface area contributed by atoms with Gasteiger partial charge in [0.2, 0.25) is 5.91 Å². The molecule has 0 N–H and O–H groups in total. The Labute approximate surface area is 147 Å². The Balaban J connectivity index is 1.68. The van der Waals surface area contributed by atoms with E-state index in [1.807, 2.05) is 24.0 Å². The van der Waals surface area contributed by atoms with Crippen molar-refractivity contribution in [2.24, 2.45) is 17.8 Å². The summed E-state index contributed by atoms with van der Waals surface area (Å²) in [6.07, 6.45) is 7.17. The topological polar surface area (TPSA) is 33.2 Å². The van der Waals surface area contributed by atoms with Crippen molar-refractivity contribution in [1.29, 1.82) is 0 Å². The van der Waals surface area contributed by atoms with Gasteiger partial charge in [-0.05, 0) is 60.9 Å². The lowest BCUT2D eigenvalue weighted by molar-refractivity contribution is -0.135. The van der Waals surface area contributed by atoms with Crippen LogP contribution < -0.4 is 0 Å². The van der Waals surface area contributed by atoms with Crippen LogP contribution in [0.15, 0.2) is 48.8 Å². The van der Waals surface area contributed by atoms with Crippen molar-refractivity contribution >= 4 is 5.91 Å². The number of hydrogen-bond donors (Lipinski definition) is 0. The third-order valence-corrected chi connectivity index (χ3v) is 5.81. The standard InChI is InChI=1S/C21H23FN2O/c1-2-24(21(25)19-17-6-3-7-18(17)19)20(15-5-4-12-23-13-15)14-8-10-16(22)11-9-14/h4-5,8-13,17-20H,2-3,6-7H2,1H3/t17-,18-,20-/m1/s1. The Kier molecular flexibility index (Phi) is 4.28. The molecule has 0 unspecified atom stereocenters. The summed E-state index contributed by atoms with van der Waals surface area (Å²) in [4.78, 5) is 19.4. The summed E-state index contributed by atoms with van der Waals surface area (Å²) in [5.74, 6) is 1.34. The molecule has 4 rings (SSSR count). The third kappa shape index (κ3) is 2.94. The third-order valence-electron chi connectivity index (χ3n) is 5.81. The van der Waals surface area contributed by atoms with Gasteiger partial charge >= 0.3 is 0 Å². The molecule has 1 aromatic carbocycles. The maximum Gasteiger partial charge on any atom is 0.227 e. The first-order chi connectivity index (χ1) is 12.2. The van der Waals surface area contributed by atoms with Gasteiger partial charge in [0, 0.05) is 24.9 Å². The monoisotopic (exact) mass is 338 g/mol. The SMILES string of the molecule is CCN(C(=O)C1[C@@H]2CCC[C@@H]12)[C@H](c1ccc(F)cc1)c1cccnc1. The summed E-state index contributed by atoms with van der Waals surface area (Å²) in [6.45, 7) is 2.65. The molecule has 0 spiro atoms. The second-order valence-corrected chi connectivity index (χ2v) is 7.15. The molecule has 0 bridgehead atoms. The number of rotatable bonds is 5. The molecule has 4 heteroatoms. The Hall–Kier alpha value is -2.23. The molecule has 0 aliphatic heterocycles. The fraction of sp³-hybridized carbons (Fsp3) is 0.429. The molecule has 1 aromatic heterocycles. The minimum Gasteiger partial charge on any atom is -0.332 e. The van der Waals surface area contributed by atoms with Gasteiger partial charge in [-0.25, -0.2) is 4.39 Å². The van der Waals surface area contributed by atoms with Crippen LogP contribution in [-0.4, -0.2) is 22.3 Å². The average molecular weight is 338 g/mol. The van der Waals surface area contributed by atoms with Crippen molar-refractivity contribution in [1.82, 2.24) is 9.88 Å². The molecule has 25 heavy (non-hydrogen) atoms. The van der Waals surface area contributed by atoms with E-state index in [2.05, 4.69) is 4.98 Å². The molecule has 1 heterocycles. The highest BCUT2D eigenvalue weighted by Crippen LogP contribution is 2.58. The van der Waals surface area contributed by atoms with E-state index >= 15 is 0 Å². The zero-order valence-electron chi connectivity index (χ0n) is 14.4. The summed E-state index contributed by atoms with van der Waals surface area (Å²) in [6, 6.07) is 10.1. The zero-order valence-corrected chi connectivity index (χ0v) is 14.4. The number of halogens is 1. The normalized spacial score (nSPS) is 25.3. The van der Waals surface area contributed by atoms with Crippen LogP contribution in [0, 0.1) is 23.6 Å². The quantitative estimate of drug-likeness (QED) is 0.818. The predicted molar refractivity (Wildman–Crippen MR) is 94.2 cm³/mol. The molecule has 3 atom stereocenters. The van der Waals surface area contributed by atoms with Crippen molar-refractivity contribution in [3.8, 4) is 0 Å². The minimum absolute atomic E-state index is 0.188. The zero-order chi connectivity index (χ0) is 17.4. The van der Waals surface area contributed by atoms with E-state index in [4.69, 9.17) is 0 Å². The van der Waals surface area contributed by atoms with E-state index < -0.39 is 0 Å². The Morgan fingerprint density at radius 3 is 2.52 bits per heavy atom. The molecule has 130 valence electrons. The first-order valence-electron chi connectivity index (χ1n) is 9.16. The van der Waals surface area contributed by atoms with Gasteiger partial charge in [0.15, 0.2) is 0 Å². The van der Waals surface area contributed by atoms with Gasteiger partial charge in [0.1, 0.15) is 5.82 Å². The summed E-state index contributed by atoms with van der Waals surface area (Å²) >= 11 is 0. The lowest BCUT2D eigenvalue weighted by Crippen LogP contribution is -2.37. The number of carbonyl (C=O) groups excluding carboxylic acids is 1. The highest BCUT2D eigenvalue weighted by atomic mass is 19.1. The fourth-order valence-corrected chi connectivity index (χ4v) is 4.58. The van der Waals surface area contributed by atoms with Crippen LogP contribution in [0.1, 0.15) is 43.4 Å². The number of amides is 1. The number of pyridine rings is 1. The van der Waals surface area contributed by atoms with E-state index in [9.17, 15) is 9.18 Å². The second kappa shape index (κ2) is 6.58. The van der Waals surface area contributed by atoms with Crippen molar-refractivity contribution in [3.05, 3.63) is 65.7 Å². The highest BCUT2D eigenvalue weighted by molar-refractivity contribution is 5.83. The van der Waals surface area contributed by atoms with Crippen LogP contribution in [0.3, 0.4) is 0 Å². The molecular weight excluding hydrogens is 315 g/mol. The minimum atomic E-state index is -0.264.